The number of hydrogen-bond acceptors (Lipinski definition) is 3. The lowest BCUT2D eigenvalue weighted by Crippen LogP contribution is -2.42. The number of amides is 2. The van der Waals surface area contributed by atoms with Crippen LogP contribution in [0, 0.1) is 5.92 Å². The van der Waals surface area contributed by atoms with Crippen molar-refractivity contribution in [1.82, 2.24) is 15.1 Å². The van der Waals surface area contributed by atoms with Gasteiger partial charge in [0.1, 0.15) is 5.82 Å². The summed E-state index contributed by atoms with van der Waals surface area (Å²) in [5.74, 6) is 0.937. The van der Waals surface area contributed by atoms with E-state index in [1.54, 1.807) is 16.9 Å². The second kappa shape index (κ2) is 7.13. The number of aliphatic hydroxyl groups is 1. The summed E-state index contributed by atoms with van der Waals surface area (Å²) in [6, 6.07) is 1.63. The van der Waals surface area contributed by atoms with Crippen LogP contribution in [-0.4, -0.2) is 33.6 Å². The van der Waals surface area contributed by atoms with Crippen molar-refractivity contribution in [2.24, 2.45) is 5.92 Å². The quantitative estimate of drug-likeness (QED) is 0.738. The van der Waals surface area contributed by atoms with Crippen LogP contribution in [0.4, 0.5) is 10.6 Å². The molecule has 0 aliphatic heterocycles. The Morgan fingerprint density at radius 1 is 1.42 bits per heavy atom. The zero-order chi connectivity index (χ0) is 14.4. The number of carbonyl (C=O) groups excluding carboxylic acids is 1. The predicted octanol–water partition coefficient (Wildman–Crippen LogP) is 1.99. The summed E-state index contributed by atoms with van der Waals surface area (Å²) in [6.07, 6.45) is 2.21. The molecule has 0 saturated carbocycles. The van der Waals surface area contributed by atoms with Crippen LogP contribution in [0.5, 0.6) is 0 Å². The van der Waals surface area contributed by atoms with E-state index in [2.05, 4.69) is 15.7 Å². The molecule has 1 aromatic heterocycles. The number of hydrogen-bond donors (Lipinski definition) is 3. The number of carbonyl (C=O) groups is 1. The lowest BCUT2D eigenvalue weighted by Gasteiger charge is -2.22. The first-order chi connectivity index (χ1) is 8.95. The van der Waals surface area contributed by atoms with Crippen molar-refractivity contribution >= 4 is 11.8 Å². The predicted molar refractivity (Wildman–Crippen MR) is 75.1 cm³/mol. The molecule has 19 heavy (non-hydrogen) atoms. The Bertz CT molecular complexity index is 401. The van der Waals surface area contributed by atoms with Crippen molar-refractivity contribution < 1.29 is 9.90 Å². The first-order valence-electron chi connectivity index (χ1n) is 6.67. The third-order valence-corrected chi connectivity index (χ3v) is 2.96. The molecule has 0 spiro atoms. The Morgan fingerprint density at radius 2 is 2.11 bits per heavy atom. The SMILES string of the molecule is CC(C)C(CCO)NC(=O)Nc1ccnn1C(C)C. The van der Waals surface area contributed by atoms with Crippen LogP contribution in [0.25, 0.3) is 0 Å². The van der Waals surface area contributed by atoms with Gasteiger partial charge in [-0.1, -0.05) is 13.8 Å². The van der Waals surface area contributed by atoms with Crippen LogP contribution in [-0.2, 0) is 0 Å². The number of nitrogens with one attached hydrogen (secondary N) is 2. The second-order valence-electron chi connectivity index (χ2n) is 5.22. The van der Waals surface area contributed by atoms with Crippen molar-refractivity contribution in [3.05, 3.63) is 12.3 Å². The summed E-state index contributed by atoms with van der Waals surface area (Å²) >= 11 is 0. The van der Waals surface area contributed by atoms with E-state index in [1.807, 2.05) is 27.7 Å². The first-order valence-corrected chi connectivity index (χ1v) is 6.67. The zero-order valence-corrected chi connectivity index (χ0v) is 12.1. The summed E-state index contributed by atoms with van der Waals surface area (Å²) < 4.78 is 1.75. The minimum Gasteiger partial charge on any atom is -0.396 e. The molecule has 0 aromatic carbocycles. The Labute approximate surface area is 114 Å². The van der Waals surface area contributed by atoms with Gasteiger partial charge >= 0.3 is 6.03 Å². The molecule has 6 nitrogen and oxygen atoms in total. The molecule has 1 atom stereocenters. The van der Waals surface area contributed by atoms with Crippen LogP contribution < -0.4 is 10.6 Å². The normalized spacial score (nSPS) is 12.8. The highest BCUT2D eigenvalue weighted by Crippen LogP contribution is 2.13. The molecule has 1 rings (SSSR count). The maximum Gasteiger partial charge on any atom is 0.320 e. The van der Waals surface area contributed by atoms with Crippen LogP contribution in [0.2, 0.25) is 0 Å². The number of aliphatic hydroxyl groups excluding tert-OH is 1. The van der Waals surface area contributed by atoms with Gasteiger partial charge in [-0.25, -0.2) is 9.48 Å². The third kappa shape index (κ3) is 4.55. The smallest absolute Gasteiger partial charge is 0.320 e. The summed E-state index contributed by atoms with van der Waals surface area (Å²) in [5.41, 5.74) is 0. The summed E-state index contributed by atoms with van der Waals surface area (Å²) in [7, 11) is 0. The third-order valence-electron chi connectivity index (χ3n) is 2.96. The van der Waals surface area contributed by atoms with Gasteiger partial charge in [-0.15, -0.1) is 0 Å². The van der Waals surface area contributed by atoms with E-state index in [4.69, 9.17) is 5.11 Å². The van der Waals surface area contributed by atoms with Crippen molar-refractivity contribution in [3.8, 4) is 0 Å². The fourth-order valence-electron chi connectivity index (χ4n) is 1.86. The lowest BCUT2D eigenvalue weighted by molar-refractivity contribution is 0.227. The molecule has 0 bridgehead atoms. The van der Waals surface area contributed by atoms with Gasteiger partial charge in [0.05, 0.1) is 6.20 Å². The van der Waals surface area contributed by atoms with Crippen molar-refractivity contribution in [3.63, 3.8) is 0 Å². The van der Waals surface area contributed by atoms with Gasteiger partial charge in [0.25, 0.3) is 0 Å². The zero-order valence-electron chi connectivity index (χ0n) is 12.1. The van der Waals surface area contributed by atoms with Crippen molar-refractivity contribution in [1.29, 1.82) is 0 Å². The average Bonchev–Trinajstić information content (AvgIpc) is 2.76. The van der Waals surface area contributed by atoms with Gasteiger partial charge in [-0.05, 0) is 26.2 Å². The number of aromatic nitrogens is 2. The highest BCUT2D eigenvalue weighted by molar-refractivity contribution is 5.88. The monoisotopic (exact) mass is 268 g/mol. The maximum atomic E-state index is 11.9. The van der Waals surface area contributed by atoms with Gasteiger partial charge in [0, 0.05) is 24.8 Å². The maximum absolute atomic E-state index is 11.9. The van der Waals surface area contributed by atoms with Crippen LogP contribution in [0.15, 0.2) is 12.3 Å². The Balaban J connectivity index is 2.61. The first kappa shape index (κ1) is 15.5. The van der Waals surface area contributed by atoms with Gasteiger partial charge in [0.15, 0.2) is 0 Å². The van der Waals surface area contributed by atoms with Gasteiger partial charge in [-0.3, -0.25) is 5.32 Å². The van der Waals surface area contributed by atoms with E-state index in [-0.39, 0.29) is 30.6 Å². The van der Waals surface area contributed by atoms with Crippen molar-refractivity contribution in [2.45, 2.75) is 46.2 Å². The molecule has 0 aliphatic carbocycles. The largest absolute Gasteiger partial charge is 0.396 e. The Hall–Kier alpha value is -1.56. The topological polar surface area (TPSA) is 79.2 Å². The Kier molecular flexibility index (Phi) is 5.82. The molecular weight excluding hydrogens is 244 g/mol. The summed E-state index contributed by atoms with van der Waals surface area (Å²) in [5, 5.41) is 18.8. The lowest BCUT2D eigenvalue weighted by atomic mass is 10.0. The van der Waals surface area contributed by atoms with Gasteiger partial charge in [-0.2, -0.15) is 5.10 Å². The molecule has 1 unspecified atom stereocenters. The fraction of sp³-hybridized carbons (Fsp3) is 0.692. The van der Waals surface area contributed by atoms with Crippen LogP contribution in [0.3, 0.4) is 0 Å². The minimum absolute atomic E-state index is 0.0413. The molecule has 0 aliphatic rings. The number of anilines is 1. The highest BCUT2D eigenvalue weighted by Gasteiger charge is 2.16. The van der Waals surface area contributed by atoms with E-state index in [1.165, 1.54) is 0 Å². The van der Waals surface area contributed by atoms with E-state index >= 15 is 0 Å². The molecule has 0 radical (unpaired) electrons. The van der Waals surface area contributed by atoms with E-state index in [0.29, 0.717) is 12.2 Å². The minimum atomic E-state index is -0.269. The van der Waals surface area contributed by atoms with E-state index in [9.17, 15) is 4.79 Å². The molecule has 0 fully saturated rings. The molecule has 1 heterocycles. The fourth-order valence-corrected chi connectivity index (χ4v) is 1.86. The van der Waals surface area contributed by atoms with Crippen molar-refractivity contribution in [2.75, 3.05) is 11.9 Å². The number of rotatable bonds is 6. The van der Waals surface area contributed by atoms with Crippen LogP contribution >= 0.6 is 0 Å². The molecule has 2 amide bonds. The number of urea groups is 1. The van der Waals surface area contributed by atoms with Gasteiger partial charge < -0.3 is 10.4 Å². The molecule has 3 N–H and O–H groups in total. The van der Waals surface area contributed by atoms with E-state index < -0.39 is 0 Å². The van der Waals surface area contributed by atoms with Gasteiger partial charge in [0.2, 0.25) is 0 Å². The molecule has 108 valence electrons. The standard InChI is InChI=1S/C13H24N4O2/c1-9(2)11(6-8-18)15-13(19)16-12-5-7-14-17(12)10(3)4/h5,7,9-11,18H,6,8H2,1-4H3,(H2,15,16,19). The number of nitrogens with zero attached hydrogens (tertiary/aromatic N) is 2. The summed E-state index contributed by atoms with van der Waals surface area (Å²) in [6.45, 7) is 8.09. The van der Waals surface area contributed by atoms with Crippen LogP contribution in [0.1, 0.15) is 40.2 Å². The molecular formula is C13H24N4O2. The molecule has 6 heteroatoms. The Morgan fingerprint density at radius 3 is 2.63 bits per heavy atom. The average molecular weight is 268 g/mol. The van der Waals surface area contributed by atoms with E-state index in [0.717, 1.165) is 0 Å². The molecule has 0 saturated heterocycles. The highest BCUT2D eigenvalue weighted by atomic mass is 16.3. The summed E-state index contributed by atoms with van der Waals surface area (Å²) in [4.78, 5) is 11.9. The molecule has 1 aromatic rings. The second-order valence-corrected chi connectivity index (χ2v) is 5.22.